The number of hydrogen-bond acceptors (Lipinski definition) is 3. The van der Waals surface area contributed by atoms with Crippen LogP contribution in [0.2, 0.25) is 0 Å². The Labute approximate surface area is 124 Å². The van der Waals surface area contributed by atoms with Crippen LogP contribution in [-0.2, 0) is 13.2 Å². The second-order valence-electron chi connectivity index (χ2n) is 4.92. The van der Waals surface area contributed by atoms with Gasteiger partial charge in [-0.3, -0.25) is 0 Å². The molecule has 0 aromatic heterocycles. The molecule has 0 amide bonds. The third-order valence-electron chi connectivity index (χ3n) is 3.56. The zero-order valence-corrected chi connectivity index (χ0v) is 12.3. The zero-order chi connectivity index (χ0) is 15.2. The van der Waals surface area contributed by atoms with Gasteiger partial charge in [0.1, 0.15) is 11.6 Å². The summed E-state index contributed by atoms with van der Waals surface area (Å²) in [6, 6.07) is 12.4. The third-order valence-corrected chi connectivity index (χ3v) is 3.56. The Hall–Kier alpha value is -1.91. The summed E-state index contributed by atoms with van der Waals surface area (Å²) >= 11 is 0. The molecule has 112 valence electrons. The molecule has 0 saturated heterocycles. The van der Waals surface area contributed by atoms with Crippen molar-refractivity contribution in [2.75, 3.05) is 7.11 Å². The van der Waals surface area contributed by atoms with Crippen molar-refractivity contribution in [1.29, 1.82) is 0 Å². The highest BCUT2D eigenvalue weighted by Gasteiger charge is 2.12. The molecule has 21 heavy (non-hydrogen) atoms. The molecule has 0 aliphatic rings. The van der Waals surface area contributed by atoms with E-state index >= 15 is 0 Å². The Morgan fingerprint density at radius 2 is 1.90 bits per heavy atom. The monoisotopic (exact) mass is 289 g/mol. The van der Waals surface area contributed by atoms with Crippen molar-refractivity contribution < 1.29 is 14.2 Å². The first-order chi connectivity index (χ1) is 10.2. The van der Waals surface area contributed by atoms with Crippen LogP contribution >= 0.6 is 0 Å². The summed E-state index contributed by atoms with van der Waals surface area (Å²) in [7, 11) is 1.52. The number of rotatable bonds is 6. The van der Waals surface area contributed by atoms with Crippen molar-refractivity contribution in [2.45, 2.75) is 26.1 Å². The van der Waals surface area contributed by atoms with Crippen LogP contribution in [0.5, 0.6) is 5.75 Å². The van der Waals surface area contributed by atoms with Crippen molar-refractivity contribution in [3.8, 4) is 5.75 Å². The minimum Gasteiger partial charge on any atom is -0.497 e. The largest absolute Gasteiger partial charge is 0.497 e. The van der Waals surface area contributed by atoms with Crippen molar-refractivity contribution in [3.63, 3.8) is 0 Å². The van der Waals surface area contributed by atoms with E-state index in [0.29, 0.717) is 17.9 Å². The molecule has 0 saturated carbocycles. The fourth-order valence-corrected chi connectivity index (χ4v) is 2.24. The van der Waals surface area contributed by atoms with E-state index in [1.165, 1.54) is 13.2 Å². The molecule has 0 spiro atoms. The van der Waals surface area contributed by atoms with Crippen molar-refractivity contribution in [1.82, 2.24) is 5.32 Å². The average Bonchev–Trinajstić information content (AvgIpc) is 2.52. The minimum atomic E-state index is -0.287. The lowest BCUT2D eigenvalue weighted by molar-refractivity contribution is 0.280. The molecule has 3 nitrogen and oxygen atoms in total. The van der Waals surface area contributed by atoms with Crippen molar-refractivity contribution in [3.05, 3.63) is 65.0 Å². The van der Waals surface area contributed by atoms with E-state index in [4.69, 9.17) is 4.74 Å². The van der Waals surface area contributed by atoms with Gasteiger partial charge in [0, 0.05) is 24.2 Å². The number of halogens is 1. The van der Waals surface area contributed by atoms with Gasteiger partial charge in [-0.25, -0.2) is 4.39 Å². The van der Waals surface area contributed by atoms with Gasteiger partial charge in [-0.05, 0) is 24.1 Å². The van der Waals surface area contributed by atoms with E-state index in [1.54, 1.807) is 12.1 Å². The van der Waals surface area contributed by atoms with Crippen LogP contribution in [0, 0.1) is 5.82 Å². The van der Waals surface area contributed by atoms with Gasteiger partial charge in [-0.15, -0.1) is 0 Å². The summed E-state index contributed by atoms with van der Waals surface area (Å²) in [5, 5.41) is 12.6. The Kier molecular flexibility index (Phi) is 5.31. The molecule has 1 unspecified atom stereocenters. The van der Waals surface area contributed by atoms with Crippen LogP contribution in [0.1, 0.15) is 29.7 Å². The summed E-state index contributed by atoms with van der Waals surface area (Å²) in [6.07, 6.45) is 0. The molecule has 0 heterocycles. The maximum Gasteiger partial charge on any atom is 0.131 e. The first-order valence-electron chi connectivity index (χ1n) is 6.90. The second-order valence-corrected chi connectivity index (χ2v) is 4.92. The fraction of sp³-hybridized carbons (Fsp3) is 0.294. The van der Waals surface area contributed by atoms with E-state index in [9.17, 15) is 9.50 Å². The normalized spacial score (nSPS) is 12.2. The minimum absolute atomic E-state index is 0.00311. The molecule has 2 rings (SSSR count). The number of hydrogen-bond donors (Lipinski definition) is 2. The Morgan fingerprint density at radius 1 is 1.19 bits per heavy atom. The molecule has 2 aromatic carbocycles. The van der Waals surface area contributed by atoms with E-state index in [0.717, 1.165) is 11.1 Å². The van der Waals surface area contributed by atoms with Gasteiger partial charge >= 0.3 is 0 Å². The van der Waals surface area contributed by atoms with Crippen LogP contribution < -0.4 is 10.1 Å². The lowest BCUT2D eigenvalue weighted by Gasteiger charge is -2.17. The van der Waals surface area contributed by atoms with Crippen LogP contribution in [0.25, 0.3) is 0 Å². The second kappa shape index (κ2) is 7.20. The molecule has 0 bridgehead atoms. The van der Waals surface area contributed by atoms with E-state index in [1.807, 2.05) is 31.2 Å². The molecule has 2 N–H and O–H groups in total. The van der Waals surface area contributed by atoms with Gasteiger partial charge in [0.25, 0.3) is 0 Å². The summed E-state index contributed by atoms with van der Waals surface area (Å²) in [5.74, 6) is 0.221. The highest BCUT2D eigenvalue weighted by atomic mass is 19.1. The highest BCUT2D eigenvalue weighted by Crippen LogP contribution is 2.22. The number of nitrogens with one attached hydrogen (secondary N) is 1. The SMILES string of the molecule is COc1ccc(C(C)NCc2ccccc2CO)c(F)c1. The molecule has 0 aliphatic heterocycles. The van der Waals surface area contributed by atoms with Gasteiger partial charge in [0.15, 0.2) is 0 Å². The quantitative estimate of drug-likeness (QED) is 0.858. The first-order valence-corrected chi connectivity index (χ1v) is 6.90. The standard InChI is InChI=1S/C17H20FNO2/c1-12(16-8-7-15(21-2)9-17(16)18)19-10-13-5-3-4-6-14(13)11-20/h3-9,12,19-20H,10-11H2,1-2H3. The lowest BCUT2D eigenvalue weighted by atomic mass is 10.1. The van der Waals surface area contributed by atoms with Crippen LogP contribution in [-0.4, -0.2) is 12.2 Å². The summed E-state index contributed by atoms with van der Waals surface area (Å²) in [6.45, 7) is 2.49. The molecular weight excluding hydrogens is 269 g/mol. The number of methoxy groups -OCH3 is 1. The first kappa shape index (κ1) is 15.5. The number of ether oxygens (including phenoxy) is 1. The highest BCUT2D eigenvalue weighted by molar-refractivity contribution is 5.31. The fourth-order valence-electron chi connectivity index (χ4n) is 2.24. The molecule has 0 fully saturated rings. The molecular formula is C17H20FNO2. The zero-order valence-electron chi connectivity index (χ0n) is 12.3. The number of aliphatic hydroxyl groups is 1. The van der Waals surface area contributed by atoms with Gasteiger partial charge in [-0.1, -0.05) is 30.3 Å². The molecule has 1 atom stereocenters. The lowest BCUT2D eigenvalue weighted by Crippen LogP contribution is -2.20. The summed E-state index contributed by atoms with van der Waals surface area (Å²) in [5.41, 5.74) is 2.49. The predicted octanol–water partition coefficient (Wildman–Crippen LogP) is 3.18. The Bertz CT molecular complexity index is 601. The van der Waals surface area contributed by atoms with Crippen LogP contribution in [0.3, 0.4) is 0 Å². The topological polar surface area (TPSA) is 41.5 Å². The smallest absolute Gasteiger partial charge is 0.131 e. The van der Waals surface area contributed by atoms with Gasteiger partial charge in [-0.2, -0.15) is 0 Å². The molecule has 4 heteroatoms. The van der Waals surface area contributed by atoms with Gasteiger partial charge in [0.05, 0.1) is 13.7 Å². The van der Waals surface area contributed by atoms with E-state index < -0.39 is 0 Å². The number of aliphatic hydroxyl groups excluding tert-OH is 1. The molecule has 2 aromatic rings. The Morgan fingerprint density at radius 3 is 2.52 bits per heavy atom. The van der Waals surface area contributed by atoms with E-state index in [-0.39, 0.29) is 18.5 Å². The van der Waals surface area contributed by atoms with Crippen molar-refractivity contribution >= 4 is 0 Å². The Balaban J connectivity index is 2.06. The maximum atomic E-state index is 14.0. The molecule has 0 radical (unpaired) electrons. The summed E-state index contributed by atoms with van der Waals surface area (Å²) < 4.78 is 19.0. The van der Waals surface area contributed by atoms with Gasteiger partial charge < -0.3 is 15.2 Å². The van der Waals surface area contributed by atoms with Crippen LogP contribution in [0.4, 0.5) is 4.39 Å². The number of benzene rings is 2. The van der Waals surface area contributed by atoms with Crippen LogP contribution in [0.15, 0.2) is 42.5 Å². The average molecular weight is 289 g/mol. The van der Waals surface area contributed by atoms with Crippen molar-refractivity contribution in [2.24, 2.45) is 0 Å². The molecule has 0 aliphatic carbocycles. The predicted molar refractivity (Wildman–Crippen MR) is 80.6 cm³/mol. The summed E-state index contributed by atoms with van der Waals surface area (Å²) in [4.78, 5) is 0. The maximum absolute atomic E-state index is 14.0. The third kappa shape index (κ3) is 3.80. The van der Waals surface area contributed by atoms with E-state index in [2.05, 4.69) is 5.32 Å². The van der Waals surface area contributed by atoms with Gasteiger partial charge in [0.2, 0.25) is 0 Å².